The fourth-order valence-electron chi connectivity index (χ4n) is 3.69. The Morgan fingerprint density at radius 1 is 0.839 bits per heavy atom. The van der Waals surface area contributed by atoms with Gasteiger partial charge in [0.1, 0.15) is 6.04 Å². The highest BCUT2D eigenvalue weighted by Crippen LogP contribution is 2.32. The summed E-state index contributed by atoms with van der Waals surface area (Å²) in [6.07, 6.45) is 1.70. The largest absolute Gasteiger partial charge is 0.493 e. The standard InChI is InChI=1S/C26H30N2O3/c1-27-26(29)25(20-12-8-5-9-13-20)28-22(16-14-19-10-6-4-7-11-19)21-15-17-23(30-2)24(18-21)31-3/h4-13,15,17-18,22,25,28H,14,16H2,1-3H3,(H,27,29)/t22-,25+/m0/s1. The molecule has 0 aliphatic rings. The number of hydrogen-bond donors (Lipinski definition) is 2. The monoisotopic (exact) mass is 418 g/mol. The van der Waals surface area contributed by atoms with E-state index < -0.39 is 6.04 Å². The number of likely N-dealkylation sites (N-methyl/N-ethyl adjacent to an activating group) is 1. The highest BCUT2D eigenvalue weighted by Gasteiger charge is 2.24. The molecule has 1 amide bonds. The summed E-state index contributed by atoms with van der Waals surface area (Å²) in [6.45, 7) is 0. The van der Waals surface area contributed by atoms with E-state index in [1.807, 2.05) is 66.7 Å². The zero-order valence-corrected chi connectivity index (χ0v) is 18.3. The molecule has 3 rings (SSSR count). The van der Waals surface area contributed by atoms with Crippen LogP contribution in [0.5, 0.6) is 11.5 Å². The molecule has 0 bridgehead atoms. The van der Waals surface area contributed by atoms with Crippen LogP contribution in [0, 0.1) is 0 Å². The van der Waals surface area contributed by atoms with Gasteiger partial charge in [-0.25, -0.2) is 0 Å². The number of benzene rings is 3. The number of carbonyl (C=O) groups excluding carboxylic acids is 1. The molecule has 3 aromatic carbocycles. The minimum Gasteiger partial charge on any atom is -0.493 e. The van der Waals surface area contributed by atoms with E-state index in [1.165, 1.54) is 5.56 Å². The fourth-order valence-corrected chi connectivity index (χ4v) is 3.69. The van der Waals surface area contributed by atoms with Gasteiger partial charge in [0, 0.05) is 13.1 Å². The van der Waals surface area contributed by atoms with Crippen LogP contribution in [0.15, 0.2) is 78.9 Å². The van der Waals surface area contributed by atoms with Gasteiger partial charge >= 0.3 is 0 Å². The molecule has 0 aromatic heterocycles. The summed E-state index contributed by atoms with van der Waals surface area (Å²) in [5, 5.41) is 6.38. The zero-order valence-electron chi connectivity index (χ0n) is 18.3. The van der Waals surface area contributed by atoms with E-state index in [9.17, 15) is 4.79 Å². The Kier molecular flexibility index (Phi) is 8.07. The molecule has 0 spiro atoms. The second kappa shape index (κ2) is 11.2. The maximum atomic E-state index is 12.8. The van der Waals surface area contributed by atoms with Gasteiger partial charge in [-0.2, -0.15) is 0 Å². The van der Waals surface area contributed by atoms with Crippen LogP contribution >= 0.6 is 0 Å². The highest BCUT2D eigenvalue weighted by molar-refractivity contribution is 5.83. The van der Waals surface area contributed by atoms with Crippen LogP contribution in [-0.2, 0) is 11.2 Å². The van der Waals surface area contributed by atoms with E-state index in [0.29, 0.717) is 11.5 Å². The van der Waals surface area contributed by atoms with Gasteiger partial charge in [-0.1, -0.05) is 66.7 Å². The minimum atomic E-state index is -0.472. The fraction of sp³-hybridized carbons (Fsp3) is 0.269. The predicted molar refractivity (Wildman–Crippen MR) is 123 cm³/mol. The maximum Gasteiger partial charge on any atom is 0.241 e. The lowest BCUT2D eigenvalue weighted by Crippen LogP contribution is -2.38. The summed E-state index contributed by atoms with van der Waals surface area (Å²) >= 11 is 0. The molecule has 5 heteroatoms. The quantitative estimate of drug-likeness (QED) is 0.511. The van der Waals surface area contributed by atoms with Crippen molar-refractivity contribution in [1.29, 1.82) is 0 Å². The van der Waals surface area contributed by atoms with Crippen molar-refractivity contribution in [3.05, 3.63) is 95.6 Å². The molecule has 31 heavy (non-hydrogen) atoms. The van der Waals surface area contributed by atoms with Gasteiger partial charge in [-0.3, -0.25) is 10.1 Å². The third-order valence-corrected chi connectivity index (χ3v) is 5.38. The van der Waals surface area contributed by atoms with Gasteiger partial charge in [0.15, 0.2) is 11.5 Å². The number of hydrogen-bond acceptors (Lipinski definition) is 4. The molecular weight excluding hydrogens is 388 g/mol. The van der Waals surface area contributed by atoms with Crippen molar-refractivity contribution >= 4 is 5.91 Å². The molecule has 3 aromatic rings. The van der Waals surface area contributed by atoms with E-state index >= 15 is 0 Å². The molecule has 0 aliphatic heterocycles. The average Bonchev–Trinajstić information content (AvgIpc) is 2.84. The summed E-state index contributed by atoms with van der Waals surface area (Å²) in [4.78, 5) is 12.8. The Hall–Kier alpha value is -3.31. The Labute approximate surface area is 184 Å². The van der Waals surface area contributed by atoms with Crippen LogP contribution in [0.25, 0.3) is 0 Å². The summed E-state index contributed by atoms with van der Waals surface area (Å²) in [5.74, 6) is 1.28. The van der Waals surface area contributed by atoms with Crippen LogP contribution in [-0.4, -0.2) is 27.2 Å². The number of amides is 1. The first kappa shape index (κ1) is 22.4. The Bertz CT molecular complexity index is 961. The van der Waals surface area contributed by atoms with E-state index in [2.05, 4.69) is 22.8 Å². The van der Waals surface area contributed by atoms with E-state index in [4.69, 9.17) is 9.47 Å². The topological polar surface area (TPSA) is 59.6 Å². The van der Waals surface area contributed by atoms with Crippen LogP contribution in [0.3, 0.4) is 0 Å². The van der Waals surface area contributed by atoms with Crippen molar-refractivity contribution in [2.75, 3.05) is 21.3 Å². The van der Waals surface area contributed by atoms with Gasteiger partial charge in [0.25, 0.3) is 0 Å². The first-order chi connectivity index (χ1) is 15.2. The smallest absolute Gasteiger partial charge is 0.241 e. The molecule has 0 fully saturated rings. The molecule has 5 nitrogen and oxygen atoms in total. The molecule has 0 heterocycles. The Balaban J connectivity index is 1.93. The average molecular weight is 419 g/mol. The number of carbonyl (C=O) groups is 1. The number of aryl methyl sites for hydroxylation is 1. The predicted octanol–water partition coefficient (Wildman–Crippen LogP) is 4.45. The second-order valence-electron chi connectivity index (χ2n) is 7.32. The number of methoxy groups -OCH3 is 2. The molecule has 162 valence electrons. The molecule has 0 aliphatic carbocycles. The van der Waals surface area contributed by atoms with Gasteiger partial charge in [0.2, 0.25) is 5.91 Å². The van der Waals surface area contributed by atoms with Gasteiger partial charge < -0.3 is 14.8 Å². The van der Waals surface area contributed by atoms with E-state index in [-0.39, 0.29) is 11.9 Å². The molecule has 0 saturated carbocycles. The molecule has 0 saturated heterocycles. The molecular formula is C26H30N2O3. The van der Waals surface area contributed by atoms with Crippen molar-refractivity contribution < 1.29 is 14.3 Å². The van der Waals surface area contributed by atoms with Crippen molar-refractivity contribution in [3.8, 4) is 11.5 Å². The van der Waals surface area contributed by atoms with Crippen molar-refractivity contribution in [2.24, 2.45) is 0 Å². The third kappa shape index (κ3) is 5.86. The van der Waals surface area contributed by atoms with Gasteiger partial charge in [0.05, 0.1) is 14.2 Å². The maximum absolute atomic E-state index is 12.8. The lowest BCUT2D eigenvalue weighted by molar-refractivity contribution is -0.123. The SMILES string of the molecule is CNC(=O)[C@H](N[C@@H](CCc1ccccc1)c1ccc(OC)c(OC)c1)c1ccccc1. The lowest BCUT2D eigenvalue weighted by Gasteiger charge is -2.26. The number of nitrogens with one attached hydrogen (secondary N) is 2. The van der Waals surface area contributed by atoms with Gasteiger partial charge in [-0.15, -0.1) is 0 Å². The molecule has 2 atom stereocenters. The van der Waals surface area contributed by atoms with Crippen LogP contribution in [0.4, 0.5) is 0 Å². The molecule has 2 N–H and O–H groups in total. The summed E-state index contributed by atoms with van der Waals surface area (Å²) in [7, 11) is 4.92. The number of rotatable bonds is 10. The van der Waals surface area contributed by atoms with E-state index in [0.717, 1.165) is 24.0 Å². The van der Waals surface area contributed by atoms with Crippen molar-refractivity contribution in [3.63, 3.8) is 0 Å². The van der Waals surface area contributed by atoms with E-state index in [1.54, 1.807) is 21.3 Å². The third-order valence-electron chi connectivity index (χ3n) is 5.38. The molecule has 0 unspecified atom stereocenters. The van der Waals surface area contributed by atoms with Crippen molar-refractivity contribution in [1.82, 2.24) is 10.6 Å². The van der Waals surface area contributed by atoms with Crippen LogP contribution in [0.2, 0.25) is 0 Å². The van der Waals surface area contributed by atoms with Crippen molar-refractivity contribution in [2.45, 2.75) is 24.9 Å². The first-order valence-corrected chi connectivity index (χ1v) is 10.4. The summed E-state index contributed by atoms with van der Waals surface area (Å²) < 4.78 is 10.9. The number of ether oxygens (including phenoxy) is 2. The Morgan fingerprint density at radius 3 is 2.10 bits per heavy atom. The first-order valence-electron chi connectivity index (χ1n) is 10.4. The summed E-state index contributed by atoms with van der Waals surface area (Å²) in [5.41, 5.74) is 3.22. The lowest BCUT2D eigenvalue weighted by atomic mass is 9.96. The van der Waals surface area contributed by atoms with Crippen LogP contribution in [0.1, 0.15) is 35.2 Å². The second-order valence-corrected chi connectivity index (χ2v) is 7.32. The van der Waals surface area contributed by atoms with Crippen LogP contribution < -0.4 is 20.1 Å². The summed E-state index contributed by atoms with van der Waals surface area (Å²) in [6, 6.07) is 25.5. The minimum absolute atomic E-state index is 0.0671. The van der Waals surface area contributed by atoms with Gasteiger partial charge in [-0.05, 0) is 41.7 Å². The normalized spacial score (nSPS) is 12.6. The zero-order chi connectivity index (χ0) is 22.1. The molecule has 0 radical (unpaired) electrons. The highest BCUT2D eigenvalue weighted by atomic mass is 16.5. The Morgan fingerprint density at radius 2 is 1.48 bits per heavy atom.